The summed E-state index contributed by atoms with van der Waals surface area (Å²) < 4.78 is 0. The molecule has 2 N–H and O–H groups in total. The normalized spacial score (nSPS) is 14.5. The Labute approximate surface area is 122 Å². The second-order valence-electron chi connectivity index (χ2n) is 6.54. The second-order valence-corrected chi connectivity index (χ2v) is 6.54. The van der Waals surface area contributed by atoms with Gasteiger partial charge in [0.2, 0.25) is 0 Å². The van der Waals surface area contributed by atoms with Crippen molar-refractivity contribution in [2.45, 2.75) is 66.2 Å². The van der Waals surface area contributed by atoms with Crippen molar-refractivity contribution in [1.29, 1.82) is 0 Å². The van der Waals surface area contributed by atoms with Gasteiger partial charge in [-0.25, -0.2) is 0 Å². The Bertz CT molecular complexity index is 267. The van der Waals surface area contributed by atoms with Gasteiger partial charge in [0, 0.05) is 0 Å². The fraction of sp³-hybridized carbons (Fsp3) is 0.875. The van der Waals surface area contributed by atoms with E-state index in [2.05, 4.69) is 27.7 Å². The second kappa shape index (κ2) is 9.78. The van der Waals surface area contributed by atoms with Gasteiger partial charge in [0.05, 0.1) is 11.8 Å². The third-order valence-electron chi connectivity index (χ3n) is 3.71. The van der Waals surface area contributed by atoms with Crippen LogP contribution in [0.5, 0.6) is 0 Å². The lowest BCUT2D eigenvalue weighted by molar-refractivity contribution is -0.154. The van der Waals surface area contributed by atoms with Crippen molar-refractivity contribution >= 4 is 11.9 Å². The van der Waals surface area contributed by atoms with Gasteiger partial charge in [-0.2, -0.15) is 0 Å². The first-order valence-electron chi connectivity index (χ1n) is 7.71. The molecular weight excluding hydrogens is 256 g/mol. The summed E-state index contributed by atoms with van der Waals surface area (Å²) in [6, 6.07) is 0. The number of rotatable bonds is 11. The maximum Gasteiger partial charge on any atom is 0.307 e. The summed E-state index contributed by atoms with van der Waals surface area (Å²) in [5.74, 6) is -2.39. The van der Waals surface area contributed by atoms with Crippen LogP contribution in [0.2, 0.25) is 0 Å². The number of carbonyl (C=O) groups is 2. The smallest absolute Gasteiger partial charge is 0.307 e. The van der Waals surface area contributed by atoms with Crippen molar-refractivity contribution in [3.63, 3.8) is 0 Å². The van der Waals surface area contributed by atoms with Crippen LogP contribution in [0.1, 0.15) is 66.2 Å². The summed E-state index contributed by atoms with van der Waals surface area (Å²) in [5, 5.41) is 18.6. The maximum absolute atomic E-state index is 11.4. The standard InChI is InChI=1S/C16H30O4/c1-11(2)7-5-9-13(15(17)18)14(16(19)20)10-6-8-12(3)4/h11-14H,5-10H2,1-4H3,(H,17,18)(H,19,20). The minimum Gasteiger partial charge on any atom is -0.481 e. The van der Waals surface area contributed by atoms with Crippen molar-refractivity contribution in [3.8, 4) is 0 Å². The van der Waals surface area contributed by atoms with E-state index >= 15 is 0 Å². The Morgan fingerprint density at radius 2 is 1.00 bits per heavy atom. The Morgan fingerprint density at radius 3 is 1.20 bits per heavy atom. The molecule has 0 aliphatic rings. The van der Waals surface area contributed by atoms with E-state index in [4.69, 9.17) is 0 Å². The Kier molecular flexibility index (Phi) is 9.26. The first-order chi connectivity index (χ1) is 9.25. The van der Waals surface area contributed by atoms with E-state index in [0.717, 1.165) is 25.7 Å². The van der Waals surface area contributed by atoms with Crippen molar-refractivity contribution in [2.75, 3.05) is 0 Å². The Balaban J connectivity index is 4.53. The van der Waals surface area contributed by atoms with E-state index < -0.39 is 23.8 Å². The van der Waals surface area contributed by atoms with Crippen molar-refractivity contribution in [2.24, 2.45) is 23.7 Å². The molecule has 0 rings (SSSR count). The highest BCUT2D eigenvalue weighted by Crippen LogP contribution is 2.26. The van der Waals surface area contributed by atoms with E-state index in [1.54, 1.807) is 0 Å². The van der Waals surface area contributed by atoms with Crippen LogP contribution in [-0.2, 0) is 9.59 Å². The predicted octanol–water partition coefficient (Wildman–Crippen LogP) is 4.04. The van der Waals surface area contributed by atoms with Gasteiger partial charge in [-0.3, -0.25) is 9.59 Å². The monoisotopic (exact) mass is 286 g/mol. The summed E-state index contributed by atoms with van der Waals surface area (Å²) in [7, 11) is 0. The highest BCUT2D eigenvalue weighted by Gasteiger charge is 2.32. The van der Waals surface area contributed by atoms with E-state index in [-0.39, 0.29) is 0 Å². The van der Waals surface area contributed by atoms with Crippen LogP contribution >= 0.6 is 0 Å². The minimum absolute atomic E-state index is 0.464. The quantitative estimate of drug-likeness (QED) is 0.601. The zero-order chi connectivity index (χ0) is 15.7. The first kappa shape index (κ1) is 18.9. The van der Waals surface area contributed by atoms with Crippen LogP contribution in [0.4, 0.5) is 0 Å². The van der Waals surface area contributed by atoms with E-state index in [1.807, 2.05) is 0 Å². The van der Waals surface area contributed by atoms with Gasteiger partial charge in [-0.05, 0) is 24.7 Å². The van der Waals surface area contributed by atoms with Crippen LogP contribution in [0, 0.1) is 23.7 Å². The van der Waals surface area contributed by atoms with Crippen LogP contribution in [-0.4, -0.2) is 22.2 Å². The molecule has 118 valence electrons. The molecular formula is C16H30O4. The van der Waals surface area contributed by atoms with E-state index in [9.17, 15) is 19.8 Å². The van der Waals surface area contributed by atoms with Gasteiger partial charge in [0.25, 0.3) is 0 Å². The number of hydrogen-bond donors (Lipinski definition) is 2. The molecule has 4 heteroatoms. The highest BCUT2D eigenvalue weighted by atomic mass is 16.4. The van der Waals surface area contributed by atoms with Crippen molar-refractivity contribution in [1.82, 2.24) is 0 Å². The van der Waals surface area contributed by atoms with Gasteiger partial charge in [-0.1, -0.05) is 53.4 Å². The maximum atomic E-state index is 11.4. The zero-order valence-electron chi connectivity index (χ0n) is 13.3. The molecule has 2 unspecified atom stereocenters. The van der Waals surface area contributed by atoms with Crippen molar-refractivity contribution < 1.29 is 19.8 Å². The topological polar surface area (TPSA) is 74.6 Å². The summed E-state index contributed by atoms with van der Waals surface area (Å²) in [4.78, 5) is 22.7. The van der Waals surface area contributed by atoms with E-state index in [1.165, 1.54) is 0 Å². The zero-order valence-corrected chi connectivity index (χ0v) is 13.3. The molecule has 0 fully saturated rings. The van der Waals surface area contributed by atoms with Gasteiger partial charge >= 0.3 is 11.9 Å². The minimum atomic E-state index is -0.967. The molecule has 0 saturated heterocycles. The SMILES string of the molecule is CC(C)CCCC(C(=O)O)C(CCCC(C)C)C(=O)O. The summed E-state index contributed by atoms with van der Waals surface area (Å²) in [6.07, 6.45) is 4.38. The molecule has 0 aromatic heterocycles. The predicted molar refractivity (Wildman–Crippen MR) is 79.6 cm³/mol. The molecule has 0 aliphatic heterocycles. The lowest BCUT2D eigenvalue weighted by Crippen LogP contribution is -2.30. The van der Waals surface area contributed by atoms with Gasteiger partial charge < -0.3 is 10.2 Å². The molecule has 4 nitrogen and oxygen atoms in total. The third kappa shape index (κ3) is 8.18. The molecule has 0 aromatic rings. The number of carboxylic acid groups (broad SMARTS) is 2. The van der Waals surface area contributed by atoms with Crippen LogP contribution < -0.4 is 0 Å². The third-order valence-corrected chi connectivity index (χ3v) is 3.71. The fourth-order valence-corrected chi connectivity index (χ4v) is 2.49. The first-order valence-corrected chi connectivity index (χ1v) is 7.71. The van der Waals surface area contributed by atoms with Gasteiger partial charge in [-0.15, -0.1) is 0 Å². The molecule has 0 radical (unpaired) electrons. The Hall–Kier alpha value is -1.06. The number of hydrogen-bond acceptors (Lipinski definition) is 2. The molecule has 0 aliphatic carbocycles. The molecule has 0 bridgehead atoms. The van der Waals surface area contributed by atoms with Crippen LogP contribution in [0.3, 0.4) is 0 Å². The number of carboxylic acids is 2. The lowest BCUT2D eigenvalue weighted by atomic mass is 9.83. The average Bonchev–Trinajstić information content (AvgIpc) is 2.29. The average molecular weight is 286 g/mol. The molecule has 0 spiro atoms. The van der Waals surface area contributed by atoms with Crippen molar-refractivity contribution in [3.05, 3.63) is 0 Å². The van der Waals surface area contributed by atoms with E-state index in [0.29, 0.717) is 24.7 Å². The Morgan fingerprint density at radius 1 is 0.700 bits per heavy atom. The largest absolute Gasteiger partial charge is 0.481 e. The lowest BCUT2D eigenvalue weighted by Gasteiger charge is -2.21. The molecule has 0 heterocycles. The molecule has 0 aromatic carbocycles. The number of aliphatic carboxylic acids is 2. The fourth-order valence-electron chi connectivity index (χ4n) is 2.49. The highest BCUT2D eigenvalue weighted by molar-refractivity contribution is 5.79. The molecule has 2 atom stereocenters. The van der Waals surface area contributed by atoms with Gasteiger partial charge in [0.15, 0.2) is 0 Å². The van der Waals surface area contributed by atoms with Gasteiger partial charge in [0.1, 0.15) is 0 Å². The molecule has 20 heavy (non-hydrogen) atoms. The van der Waals surface area contributed by atoms with Crippen LogP contribution in [0.25, 0.3) is 0 Å². The van der Waals surface area contributed by atoms with Crippen LogP contribution in [0.15, 0.2) is 0 Å². The summed E-state index contributed by atoms with van der Waals surface area (Å²) in [5.41, 5.74) is 0. The summed E-state index contributed by atoms with van der Waals surface area (Å²) >= 11 is 0. The molecule has 0 amide bonds. The summed E-state index contributed by atoms with van der Waals surface area (Å²) in [6.45, 7) is 8.36. The molecule has 0 saturated carbocycles.